The Morgan fingerprint density at radius 3 is 2.48 bits per heavy atom. The van der Waals surface area contributed by atoms with Crippen LogP contribution in [0.15, 0.2) is 0 Å². The van der Waals surface area contributed by atoms with Gasteiger partial charge in [0.15, 0.2) is 0 Å². The van der Waals surface area contributed by atoms with Crippen molar-refractivity contribution in [1.82, 2.24) is 10.2 Å². The van der Waals surface area contributed by atoms with Crippen LogP contribution in [0.2, 0.25) is 0 Å². The molecule has 0 radical (unpaired) electrons. The summed E-state index contributed by atoms with van der Waals surface area (Å²) in [5, 5.41) is 2.58. The van der Waals surface area contributed by atoms with Gasteiger partial charge in [-0.2, -0.15) is 0 Å². The van der Waals surface area contributed by atoms with Crippen LogP contribution in [0.25, 0.3) is 0 Å². The van der Waals surface area contributed by atoms with Crippen LogP contribution in [0.5, 0.6) is 0 Å². The van der Waals surface area contributed by atoms with Gasteiger partial charge < -0.3 is 19.7 Å². The van der Waals surface area contributed by atoms with E-state index in [-0.39, 0.29) is 11.8 Å². The first kappa shape index (κ1) is 19.3. The highest BCUT2D eigenvalue weighted by atomic mass is 16.6. The highest BCUT2D eigenvalue weighted by molar-refractivity contribution is 5.91. The Hall–Kier alpha value is -1.79. The molecule has 0 aromatic rings. The van der Waals surface area contributed by atoms with Crippen LogP contribution in [0.1, 0.15) is 47.5 Å². The summed E-state index contributed by atoms with van der Waals surface area (Å²) in [5.41, 5.74) is -0.628. The van der Waals surface area contributed by atoms with Crippen molar-refractivity contribution >= 4 is 18.0 Å². The van der Waals surface area contributed by atoms with Crippen LogP contribution in [-0.2, 0) is 19.1 Å². The fourth-order valence-corrected chi connectivity index (χ4v) is 2.57. The number of amides is 2. The van der Waals surface area contributed by atoms with Gasteiger partial charge in [0.05, 0.1) is 7.11 Å². The van der Waals surface area contributed by atoms with E-state index in [0.29, 0.717) is 13.0 Å². The number of alkyl carbamates (subject to hydrolysis) is 1. The van der Waals surface area contributed by atoms with Crippen LogP contribution >= 0.6 is 0 Å². The van der Waals surface area contributed by atoms with E-state index in [1.54, 1.807) is 20.8 Å². The number of nitrogens with one attached hydrogen (secondary N) is 1. The fourth-order valence-electron chi connectivity index (χ4n) is 2.57. The third kappa shape index (κ3) is 5.11. The van der Waals surface area contributed by atoms with Crippen molar-refractivity contribution in [3.05, 3.63) is 0 Å². The average Bonchev–Trinajstić information content (AvgIpc) is 2.78. The van der Waals surface area contributed by atoms with Crippen molar-refractivity contribution < 1.29 is 23.9 Å². The molecule has 0 unspecified atom stereocenters. The number of esters is 1. The molecule has 132 valence electrons. The zero-order valence-corrected chi connectivity index (χ0v) is 14.8. The van der Waals surface area contributed by atoms with Gasteiger partial charge in [-0.05, 0) is 33.1 Å². The lowest BCUT2D eigenvalue weighted by atomic mass is 9.98. The Morgan fingerprint density at radius 1 is 1.39 bits per heavy atom. The predicted octanol–water partition coefficient (Wildman–Crippen LogP) is 1.70. The molecular weight excluding hydrogens is 300 g/mol. The van der Waals surface area contributed by atoms with Crippen LogP contribution in [0.4, 0.5) is 4.79 Å². The Morgan fingerprint density at radius 2 is 2.00 bits per heavy atom. The van der Waals surface area contributed by atoms with Crippen molar-refractivity contribution in [1.29, 1.82) is 0 Å². The van der Waals surface area contributed by atoms with Crippen LogP contribution < -0.4 is 5.32 Å². The van der Waals surface area contributed by atoms with E-state index in [0.717, 1.165) is 6.42 Å². The number of carbonyl (C=O) groups is 3. The second-order valence-electron chi connectivity index (χ2n) is 6.87. The molecule has 0 aromatic heterocycles. The summed E-state index contributed by atoms with van der Waals surface area (Å²) < 4.78 is 10.0. The van der Waals surface area contributed by atoms with Gasteiger partial charge in [0.1, 0.15) is 17.7 Å². The quantitative estimate of drug-likeness (QED) is 0.777. The Kier molecular flexibility index (Phi) is 6.41. The molecule has 0 aliphatic carbocycles. The summed E-state index contributed by atoms with van der Waals surface area (Å²) in [6, 6.07) is -1.29. The van der Waals surface area contributed by atoms with Gasteiger partial charge in [-0.15, -0.1) is 0 Å². The van der Waals surface area contributed by atoms with Gasteiger partial charge in [-0.3, -0.25) is 4.79 Å². The Balaban J connectivity index is 2.77. The summed E-state index contributed by atoms with van der Waals surface area (Å²) >= 11 is 0. The monoisotopic (exact) mass is 328 g/mol. The number of nitrogens with zero attached hydrogens (tertiary/aromatic N) is 1. The normalized spacial score (nSPS) is 20.9. The number of hydrogen-bond acceptors (Lipinski definition) is 5. The molecule has 2 amide bonds. The molecule has 0 aromatic carbocycles. The fraction of sp³-hybridized carbons (Fsp3) is 0.812. The van der Waals surface area contributed by atoms with Crippen molar-refractivity contribution in [2.24, 2.45) is 5.92 Å². The molecule has 0 spiro atoms. The van der Waals surface area contributed by atoms with Crippen molar-refractivity contribution in [2.45, 2.75) is 65.1 Å². The molecule has 1 fully saturated rings. The van der Waals surface area contributed by atoms with Gasteiger partial charge in [0.2, 0.25) is 5.91 Å². The minimum atomic E-state index is -0.666. The summed E-state index contributed by atoms with van der Waals surface area (Å²) in [7, 11) is 1.31. The number of ether oxygens (including phenoxy) is 2. The molecule has 7 nitrogen and oxygen atoms in total. The first-order chi connectivity index (χ1) is 10.6. The Bertz CT molecular complexity index is 458. The average molecular weight is 328 g/mol. The summed E-state index contributed by atoms with van der Waals surface area (Å²) in [4.78, 5) is 37.9. The van der Waals surface area contributed by atoms with E-state index in [4.69, 9.17) is 9.47 Å². The predicted molar refractivity (Wildman–Crippen MR) is 84.7 cm³/mol. The second-order valence-corrected chi connectivity index (χ2v) is 6.87. The summed E-state index contributed by atoms with van der Waals surface area (Å²) in [6.07, 6.45) is 0.561. The Labute approximate surface area is 137 Å². The third-order valence-corrected chi connectivity index (χ3v) is 3.89. The van der Waals surface area contributed by atoms with Gasteiger partial charge in [0, 0.05) is 6.54 Å². The topological polar surface area (TPSA) is 84.9 Å². The van der Waals surface area contributed by atoms with Crippen molar-refractivity contribution in [2.75, 3.05) is 13.7 Å². The molecular formula is C16H28N2O5. The zero-order chi connectivity index (χ0) is 17.8. The maximum absolute atomic E-state index is 12.5. The van der Waals surface area contributed by atoms with Gasteiger partial charge >= 0.3 is 12.1 Å². The highest BCUT2D eigenvalue weighted by Gasteiger charge is 2.42. The molecule has 23 heavy (non-hydrogen) atoms. The van der Waals surface area contributed by atoms with E-state index in [9.17, 15) is 14.4 Å². The van der Waals surface area contributed by atoms with Crippen molar-refractivity contribution in [3.63, 3.8) is 0 Å². The van der Waals surface area contributed by atoms with E-state index in [1.165, 1.54) is 12.0 Å². The number of methoxy groups -OCH3 is 1. The lowest BCUT2D eigenvalue weighted by Gasteiger charge is -2.30. The minimum absolute atomic E-state index is 0.0216. The third-order valence-electron chi connectivity index (χ3n) is 3.89. The second kappa shape index (κ2) is 7.66. The first-order valence-electron chi connectivity index (χ1n) is 7.98. The van der Waals surface area contributed by atoms with Crippen molar-refractivity contribution in [3.8, 4) is 0 Å². The largest absolute Gasteiger partial charge is 0.467 e. The summed E-state index contributed by atoms with van der Waals surface area (Å²) in [6.45, 7) is 9.53. The minimum Gasteiger partial charge on any atom is -0.467 e. The van der Waals surface area contributed by atoms with Gasteiger partial charge in [-0.25, -0.2) is 9.59 Å². The number of likely N-dealkylation sites (tertiary alicyclic amines) is 1. The molecule has 1 N–H and O–H groups in total. The molecule has 1 rings (SSSR count). The molecule has 1 aliphatic heterocycles. The van der Waals surface area contributed by atoms with E-state index in [2.05, 4.69) is 5.32 Å². The maximum Gasteiger partial charge on any atom is 0.408 e. The maximum atomic E-state index is 12.5. The summed E-state index contributed by atoms with van der Waals surface area (Å²) in [5.74, 6) is -0.719. The van der Waals surface area contributed by atoms with E-state index < -0.39 is 29.7 Å². The standard InChI is InChI=1S/C16H28N2O5/c1-7-10(2)12(14(20)22-6)18-9-8-11(13(18)19)17-15(21)23-16(3,4)5/h10-12H,7-9H2,1-6H3,(H,17,21)/t10-,11+,12-/m0/s1. The molecule has 3 atom stereocenters. The smallest absolute Gasteiger partial charge is 0.408 e. The van der Waals surface area contributed by atoms with E-state index in [1.807, 2.05) is 13.8 Å². The molecule has 1 aliphatic rings. The molecule has 7 heteroatoms. The molecule has 0 saturated carbocycles. The van der Waals surface area contributed by atoms with Gasteiger partial charge in [-0.1, -0.05) is 20.3 Å². The van der Waals surface area contributed by atoms with Crippen LogP contribution in [0, 0.1) is 5.92 Å². The highest BCUT2D eigenvalue weighted by Crippen LogP contribution is 2.23. The number of carbonyl (C=O) groups excluding carboxylic acids is 3. The molecule has 0 bridgehead atoms. The zero-order valence-electron chi connectivity index (χ0n) is 14.8. The van der Waals surface area contributed by atoms with E-state index >= 15 is 0 Å². The number of hydrogen-bond donors (Lipinski definition) is 1. The SMILES string of the molecule is CC[C@H](C)[C@@H](C(=O)OC)N1CC[C@@H](NC(=O)OC(C)(C)C)C1=O. The lowest BCUT2D eigenvalue weighted by Crippen LogP contribution is -2.50. The van der Waals surface area contributed by atoms with Crippen LogP contribution in [-0.4, -0.2) is 54.2 Å². The van der Waals surface area contributed by atoms with Gasteiger partial charge in [0.25, 0.3) is 0 Å². The molecule has 1 saturated heterocycles. The number of rotatable bonds is 5. The lowest BCUT2D eigenvalue weighted by molar-refractivity contribution is -0.153. The molecule has 1 heterocycles. The first-order valence-corrected chi connectivity index (χ1v) is 7.98. The van der Waals surface area contributed by atoms with Crippen LogP contribution in [0.3, 0.4) is 0 Å².